The zero-order valence-corrected chi connectivity index (χ0v) is 20.7. The molecule has 9 heteroatoms. The monoisotopic (exact) mass is 487 g/mol. The summed E-state index contributed by atoms with van der Waals surface area (Å²) in [6, 6.07) is 13.4. The van der Waals surface area contributed by atoms with Gasteiger partial charge in [-0.1, -0.05) is 49.6 Å². The SMILES string of the molecule is CC1(C)OC(=O)N[C@H]1c1ccccc1.N=C(N)c1ccnc(-c2cc(C3CCCCC3)cnc2N)n1. The standard InChI is InChI=1S/C16H20N6.C11H13NO2/c17-14(18)13-6-7-20-16(22-13)12-8-11(9-21-15(12)19)10-4-2-1-3-5-10;1-11(2)9(12-10(13)14-11)8-6-4-3-5-7-8/h6-10H,1-5H2,(H3,17,18)(H2,19,21);3-7,9H,1-2H3,(H,12,13)/t;9-/m.0/s1. The zero-order valence-electron chi connectivity index (χ0n) is 20.7. The summed E-state index contributed by atoms with van der Waals surface area (Å²) in [4.78, 5) is 24.0. The lowest BCUT2D eigenvalue weighted by molar-refractivity contribution is 0.0684. The molecule has 2 aromatic heterocycles. The van der Waals surface area contributed by atoms with Gasteiger partial charge in [-0.25, -0.2) is 19.7 Å². The first-order chi connectivity index (χ1) is 17.2. The van der Waals surface area contributed by atoms with E-state index in [9.17, 15) is 4.79 Å². The third-order valence-electron chi connectivity index (χ3n) is 6.63. The molecule has 1 atom stereocenters. The molecule has 1 aliphatic carbocycles. The lowest BCUT2D eigenvalue weighted by Crippen LogP contribution is -2.29. The van der Waals surface area contributed by atoms with Crippen molar-refractivity contribution in [2.75, 3.05) is 5.73 Å². The lowest BCUT2D eigenvalue weighted by atomic mass is 9.84. The van der Waals surface area contributed by atoms with Crippen LogP contribution >= 0.6 is 0 Å². The summed E-state index contributed by atoms with van der Waals surface area (Å²) in [5.41, 5.74) is 14.4. The number of nitrogens with two attached hydrogens (primary N) is 2. The Bertz CT molecular complexity index is 1220. The van der Waals surface area contributed by atoms with Crippen molar-refractivity contribution in [3.05, 3.63) is 71.7 Å². The van der Waals surface area contributed by atoms with Gasteiger partial charge in [0.2, 0.25) is 0 Å². The van der Waals surface area contributed by atoms with Crippen LogP contribution in [0.15, 0.2) is 54.9 Å². The van der Waals surface area contributed by atoms with Crippen molar-refractivity contribution in [2.45, 2.75) is 63.5 Å². The number of alkyl carbamates (subject to hydrolysis) is 1. The van der Waals surface area contributed by atoms with Crippen LogP contribution in [0.5, 0.6) is 0 Å². The number of anilines is 1. The lowest BCUT2D eigenvalue weighted by Gasteiger charge is -2.23. The van der Waals surface area contributed by atoms with Crippen LogP contribution in [0.4, 0.5) is 10.6 Å². The van der Waals surface area contributed by atoms with Gasteiger partial charge in [-0.15, -0.1) is 0 Å². The molecule has 0 bridgehead atoms. The van der Waals surface area contributed by atoms with Gasteiger partial charge in [-0.05, 0) is 55.9 Å². The Morgan fingerprint density at radius 1 is 1.08 bits per heavy atom. The number of benzene rings is 1. The third-order valence-corrected chi connectivity index (χ3v) is 6.63. The van der Waals surface area contributed by atoms with Crippen LogP contribution in [0.3, 0.4) is 0 Å². The van der Waals surface area contributed by atoms with E-state index in [1.54, 1.807) is 12.3 Å². The van der Waals surface area contributed by atoms with Crippen molar-refractivity contribution >= 4 is 17.7 Å². The number of aromatic nitrogens is 3. The number of nitrogens with one attached hydrogen (secondary N) is 2. The van der Waals surface area contributed by atoms with Gasteiger partial charge in [-0.3, -0.25) is 5.41 Å². The smallest absolute Gasteiger partial charge is 0.408 e. The van der Waals surface area contributed by atoms with Gasteiger partial charge in [-0.2, -0.15) is 0 Å². The fraction of sp³-hybridized carbons (Fsp3) is 0.370. The van der Waals surface area contributed by atoms with Crippen LogP contribution < -0.4 is 16.8 Å². The maximum absolute atomic E-state index is 11.1. The van der Waals surface area contributed by atoms with E-state index in [-0.39, 0.29) is 18.0 Å². The van der Waals surface area contributed by atoms with Crippen LogP contribution in [0, 0.1) is 5.41 Å². The number of nitrogen functional groups attached to an aromatic ring is 2. The highest BCUT2D eigenvalue weighted by molar-refractivity contribution is 5.93. The molecule has 9 nitrogen and oxygen atoms in total. The second-order valence-electron chi connectivity index (χ2n) is 9.70. The quantitative estimate of drug-likeness (QED) is 0.307. The second kappa shape index (κ2) is 10.7. The molecule has 1 aliphatic heterocycles. The molecule has 1 aromatic carbocycles. The number of nitrogens with zero attached hydrogens (tertiary/aromatic N) is 3. The Hall–Kier alpha value is -4.01. The van der Waals surface area contributed by atoms with Crippen molar-refractivity contribution in [1.82, 2.24) is 20.3 Å². The third kappa shape index (κ3) is 5.79. The molecule has 3 heterocycles. The summed E-state index contributed by atoms with van der Waals surface area (Å²) in [6.07, 6.45) is 9.34. The highest BCUT2D eigenvalue weighted by atomic mass is 16.6. The predicted octanol–water partition coefficient (Wildman–Crippen LogP) is 4.70. The largest absolute Gasteiger partial charge is 0.441 e. The number of pyridine rings is 1. The van der Waals surface area contributed by atoms with Crippen molar-refractivity contribution < 1.29 is 9.53 Å². The number of hydrogen-bond donors (Lipinski definition) is 4. The van der Waals surface area contributed by atoms with Gasteiger partial charge >= 0.3 is 6.09 Å². The average molecular weight is 488 g/mol. The van der Waals surface area contributed by atoms with Crippen molar-refractivity contribution in [3.63, 3.8) is 0 Å². The van der Waals surface area contributed by atoms with Crippen LogP contribution in [-0.4, -0.2) is 32.5 Å². The molecule has 0 radical (unpaired) electrons. The molecule has 1 saturated carbocycles. The maximum Gasteiger partial charge on any atom is 0.408 e. The van der Waals surface area contributed by atoms with Gasteiger partial charge in [0.25, 0.3) is 0 Å². The van der Waals surface area contributed by atoms with E-state index in [1.807, 2.05) is 56.4 Å². The fourth-order valence-corrected chi connectivity index (χ4v) is 4.72. The maximum atomic E-state index is 11.1. The molecule has 6 N–H and O–H groups in total. The van der Waals surface area contributed by atoms with Gasteiger partial charge in [0.05, 0.1) is 11.6 Å². The first-order valence-electron chi connectivity index (χ1n) is 12.2. The molecule has 0 unspecified atom stereocenters. The molecule has 3 aromatic rings. The summed E-state index contributed by atoms with van der Waals surface area (Å²) >= 11 is 0. The molecule has 2 fully saturated rings. The molecule has 5 rings (SSSR count). The molecule has 1 amide bonds. The van der Waals surface area contributed by atoms with Crippen molar-refractivity contribution in [1.29, 1.82) is 5.41 Å². The molecule has 36 heavy (non-hydrogen) atoms. The Balaban J connectivity index is 0.000000187. The van der Waals surface area contributed by atoms with Gasteiger partial charge in [0, 0.05) is 12.4 Å². The Labute approximate surface area is 211 Å². The van der Waals surface area contributed by atoms with E-state index in [0.29, 0.717) is 28.8 Å². The number of carbonyl (C=O) groups excluding carboxylic acids is 1. The first kappa shape index (κ1) is 25.1. The highest BCUT2D eigenvalue weighted by Gasteiger charge is 2.41. The van der Waals surface area contributed by atoms with Gasteiger partial charge in [0.15, 0.2) is 5.82 Å². The number of amidine groups is 1. The number of hydrogen-bond acceptors (Lipinski definition) is 7. The van der Waals surface area contributed by atoms with E-state index >= 15 is 0 Å². The topological polar surface area (TPSA) is 153 Å². The molecule has 2 aliphatic rings. The Kier molecular flexibility index (Phi) is 7.47. The van der Waals surface area contributed by atoms with E-state index in [2.05, 4.69) is 20.3 Å². The summed E-state index contributed by atoms with van der Waals surface area (Å²) in [6.45, 7) is 3.81. The minimum atomic E-state index is -0.474. The molecule has 188 valence electrons. The van der Waals surface area contributed by atoms with Gasteiger partial charge < -0.3 is 21.5 Å². The zero-order chi connectivity index (χ0) is 25.7. The van der Waals surface area contributed by atoms with E-state index < -0.39 is 5.60 Å². The van der Waals surface area contributed by atoms with Gasteiger partial charge in [0.1, 0.15) is 22.9 Å². The minimum absolute atomic E-state index is 0.0591. The van der Waals surface area contributed by atoms with Crippen molar-refractivity contribution in [3.8, 4) is 11.4 Å². The normalized spacial score (nSPS) is 18.9. The van der Waals surface area contributed by atoms with Crippen LogP contribution in [-0.2, 0) is 4.74 Å². The number of ether oxygens (including phenoxy) is 1. The number of amides is 1. The number of rotatable bonds is 4. The van der Waals surface area contributed by atoms with Crippen molar-refractivity contribution in [2.24, 2.45) is 5.73 Å². The molecule has 1 saturated heterocycles. The summed E-state index contributed by atoms with van der Waals surface area (Å²) in [5, 5.41) is 10.3. The molecule has 0 spiro atoms. The fourth-order valence-electron chi connectivity index (χ4n) is 4.72. The van der Waals surface area contributed by atoms with E-state index in [4.69, 9.17) is 21.6 Å². The number of carbonyl (C=O) groups is 1. The highest BCUT2D eigenvalue weighted by Crippen LogP contribution is 2.35. The van der Waals surface area contributed by atoms with Crippen LogP contribution in [0.25, 0.3) is 11.4 Å². The van der Waals surface area contributed by atoms with Crippen LogP contribution in [0.2, 0.25) is 0 Å². The molecular formula is C27H33N7O2. The average Bonchev–Trinajstić information content (AvgIpc) is 3.17. The predicted molar refractivity (Wildman–Crippen MR) is 139 cm³/mol. The second-order valence-corrected chi connectivity index (χ2v) is 9.70. The van der Waals surface area contributed by atoms with E-state index in [0.717, 1.165) is 5.56 Å². The minimum Gasteiger partial charge on any atom is -0.441 e. The summed E-state index contributed by atoms with van der Waals surface area (Å²) in [5.74, 6) is 1.32. The summed E-state index contributed by atoms with van der Waals surface area (Å²) in [7, 11) is 0. The van der Waals surface area contributed by atoms with Crippen LogP contribution in [0.1, 0.15) is 74.7 Å². The Morgan fingerprint density at radius 2 is 1.81 bits per heavy atom. The molecular weight excluding hydrogens is 454 g/mol. The summed E-state index contributed by atoms with van der Waals surface area (Å²) < 4.78 is 5.17. The Morgan fingerprint density at radius 3 is 2.44 bits per heavy atom. The number of cyclic esters (lactones) is 1. The van der Waals surface area contributed by atoms with E-state index in [1.165, 1.54) is 37.7 Å². The first-order valence-corrected chi connectivity index (χ1v) is 12.2.